The molecule has 4 heterocycles. The molecule has 0 saturated carbocycles. The average molecular weight is 2020 g/mol. The fraction of sp³-hybridized carbons (Fsp3) is 0.541. The highest BCUT2D eigenvalue weighted by atomic mass is 79.9. The summed E-state index contributed by atoms with van der Waals surface area (Å²) in [5.74, 6) is -5.01. The molecule has 138 heavy (non-hydrogen) atoms. The van der Waals surface area contributed by atoms with Gasteiger partial charge < -0.3 is 145 Å². The molecule has 4 atom stereocenters. The van der Waals surface area contributed by atoms with Crippen molar-refractivity contribution in [2.24, 2.45) is 0 Å². The van der Waals surface area contributed by atoms with Gasteiger partial charge in [0.2, 0.25) is 0 Å². The van der Waals surface area contributed by atoms with Gasteiger partial charge in [-0.3, -0.25) is 4.79 Å². The van der Waals surface area contributed by atoms with Crippen LogP contribution in [0.3, 0.4) is 0 Å². The van der Waals surface area contributed by atoms with Crippen molar-refractivity contribution in [2.75, 3.05) is 204 Å². The molecule has 4 unspecified atom stereocenters. The third-order valence-electron chi connectivity index (χ3n) is 17.3. The summed E-state index contributed by atoms with van der Waals surface area (Å²) in [7, 11) is 0. The monoisotopic (exact) mass is 2020 g/mol. The van der Waals surface area contributed by atoms with E-state index in [-0.39, 0.29) is 202 Å². The molecule has 4 aliphatic rings. The van der Waals surface area contributed by atoms with E-state index in [2.05, 4.69) is 15.9 Å². The van der Waals surface area contributed by atoms with Crippen LogP contribution >= 0.6 is 15.9 Å². The zero-order valence-electron chi connectivity index (χ0n) is 78.4. The summed E-state index contributed by atoms with van der Waals surface area (Å²) in [6, 6.07) is 56.6. The Balaban J connectivity index is 0.000000541. The van der Waals surface area contributed by atoms with Crippen molar-refractivity contribution in [1.29, 1.82) is 0 Å². The lowest BCUT2D eigenvalue weighted by atomic mass is 10.2. The number of hydrogen-bond donors (Lipinski definition) is 7. The summed E-state index contributed by atoms with van der Waals surface area (Å²) < 4.78 is 117. The maximum Gasteiger partial charge on any atom is 0.332 e. The molecule has 7 N–H and O–H groups in total. The van der Waals surface area contributed by atoms with E-state index >= 15 is 0 Å². The minimum Gasteiger partial charge on any atom is -0.481 e. The van der Waals surface area contributed by atoms with Crippen molar-refractivity contribution in [2.45, 2.75) is 142 Å². The van der Waals surface area contributed by atoms with Gasteiger partial charge in [-0.1, -0.05) is 198 Å². The van der Waals surface area contributed by atoms with Gasteiger partial charge in [0.05, 0.1) is 112 Å². The fourth-order valence-electron chi connectivity index (χ4n) is 10.7. The number of aliphatic hydroxyl groups excluding tert-OH is 5. The number of aliphatic carboxylic acids is 2. The number of esters is 7. The maximum absolute atomic E-state index is 11.5. The second-order valence-electron chi connectivity index (χ2n) is 28.7. The minimum absolute atomic E-state index is 0.0211. The van der Waals surface area contributed by atoms with Crippen LogP contribution in [0.25, 0.3) is 0 Å². The van der Waals surface area contributed by atoms with Gasteiger partial charge in [-0.05, 0) is 110 Å². The van der Waals surface area contributed by atoms with Crippen LogP contribution in [0, 0.1) is 0 Å². The molecular weight excluding hydrogens is 1880 g/mol. The molecule has 0 radical (unpaired) electrons. The van der Waals surface area contributed by atoms with E-state index in [9.17, 15) is 43.2 Å². The van der Waals surface area contributed by atoms with Gasteiger partial charge in [-0.15, -0.1) is 0 Å². The predicted octanol–water partition coefficient (Wildman–Crippen LogP) is 8.71. The minimum atomic E-state index is -0.959. The molecule has 0 spiro atoms. The first-order valence-corrected chi connectivity index (χ1v) is 46.4. The van der Waals surface area contributed by atoms with Crippen molar-refractivity contribution >= 4 is 69.7 Å². The van der Waals surface area contributed by atoms with E-state index in [1.807, 2.05) is 182 Å². The molecule has 4 fully saturated rings. The van der Waals surface area contributed by atoms with E-state index in [4.69, 9.17) is 145 Å². The predicted molar refractivity (Wildman–Crippen MR) is 498 cm³/mol. The van der Waals surface area contributed by atoms with Crippen LogP contribution in [0.1, 0.15) is 110 Å². The number of carbonyl (C=O) groups excluding carboxylic acids is 7. The summed E-state index contributed by atoms with van der Waals surface area (Å²) in [6.07, 6.45) is 12.2. The highest BCUT2D eigenvalue weighted by Gasteiger charge is 2.19. The highest BCUT2D eigenvalue weighted by Crippen LogP contribution is 2.17. The Labute approximate surface area is 814 Å². The smallest absolute Gasteiger partial charge is 0.332 e. The number of alkyl halides is 1. The van der Waals surface area contributed by atoms with Gasteiger partial charge in [0.15, 0.2) is 25.2 Å². The van der Waals surface area contributed by atoms with Crippen molar-refractivity contribution in [1.82, 2.24) is 0 Å². The number of benzene rings is 6. The van der Waals surface area contributed by atoms with E-state index < -0.39 is 47.8 Å². The quantitative estimate of drug-likeness (QED) is 0.00811. The molecule has 0 aromatic heterocycles. The zero-order chi connectivity index (χ0) is 100. The summed E-state index contributed by atoms with van der Waals surface area (Å²) in [6.45, 7) is 5.94. The summed E-state index contributed by atoms with van der Waals surface area (Å²) in [5, 5.41) is 58.2. The van der Waals surface area contributed by atoms with Crippen LogP contribution < -0.4 is 0 Å². The number of halogens is 1. The number of carboxylic acid groups (broad SMARTS) is 2. The molecule has 772 valence electrons. The molecule has 0 bridgehead atoms. The van der Waals surface area contributed by atoms with Gasteiger partial charge in [-0.2, -0.15) is 0 Å². The summed E-state index contributed by atoms with van der Waals surface area (Å²) >= 11 is 2.71. The Hall–Kier alpha value is -9.81. The number of hydrogen-bond acceptors (Lipinski definition) is 37. The molecule has 6 aromatic carbocycles. The van der Waals surface area contributed by atoms with E-state index in [0.717, 1.165) is 130 Å². The van der Waals surface area contributed by atoms with Crippen molar-refractivity contribution < 1.29 is 188 Å². The zero-order valence-corrected chi connectivity index (χ0v) is 79.9. The van der Waals surface area contributed by atoms with E-state index in [1.165, 1.54) is 6.42 Å². The van der Waals surface area contributed by atoms with Gasteiger partial charge in [0, 0.05) is 26.4 Å². The van der Waals surface area contributed by atoms with Gasteiger partial charge >= 0.3 is 53.7 Å². The molecule has 0 aliphatic carbocycles. The van der Waals surface area contributed by atoms with Gasteiger partial charge in [0.25, 0.3) is 0 Å². The van der Waals surface area contributed by atoms with E-state index in [1.54, 1.807) is 0 Å². The lowest BCUT2D eigenvalue weighted by molar-refractivity contribution is -0.172. The Morgan fingerprint density at radius 1 is 0.246 bits per heavy atom. The van der Waals surface area contributed by atoms with Crippen LogP contribution in [-0.2, 0) is 192 Å². The Morgan fingerprint density at radius 3 is 0.645 bits per heavy atom. The number of carboxylic acids is 2. The molecule has 6 aromatic rings. The van der Waals surface area contributed by atoms with Crippen LogP contribution in [-0.4, -0.2) is 318 Å². The SMILES string of the molecule is O=C(COCCO)OCCOCC(=O)OCc1ccccc1.O=C(COCCO)OCc1ccccc1.O=C(COCCO)OCc1ccccc1.O=C(COCCOC1CCCCO1)OCCOCC(=O)OCc1ccccc1.O=C(COCCOC1CCCCO1)OCc1ccccc1.O=C(O)CBr.O=C(O)COCCOC1CCCCO1.OCCOC1CCCCO1.OCc1ccccc1. The standard InChI is InChI=1S/C20H28O8.C16H22O5.C15H20O7.2C11H14O4.C9H16O5.C7H14O3.C7H8O.C2H3BrO2/c21-18(15-24-11-13-27-20-8-4-5-9-26-20)25-12-10-23-16-19(22)28-14-17-6-2-1-3-7-17;17-15(21-12-14-6-2-1-3-7-14)13-18-10-11-20-16-8-4-5-9-19-16;16-6-7-19-11-14(17)21-9-8-20-12-15(18)22-10-13-4-2-1-3-5-13;2*12-6-7-14-9-11(13)15-8-10-4-2-1-3-5-10;10-8(11)7-12-5-6-14-9-3-1-2-4-13-9;8-4-6-10-7-3-1-2-5-9-7;8-6-7-4-2-1-3-5-7;3-1-2(4)5/h1-3,6-7,20H,4-5,8-16H2;1-3,6-7,16H,4-5,8-13H2;1-5,16H,6-12H2;2*1-5,12H,6-9H2;9H,1-7H2,(H,10,11);7-8H,1-6H2;1-5,8H,6H2;1H2,(H,4,5). The molecule has 40 heteroatoms. The fourth-order valence-corrected chi connectivity index (χ4v) is 10.7. The largest absolute Gasteiger partial charge is 0.481 e. The first-order valence-electron chi connectivity index (χ1n) is 45.3. The van der Waals surface area contributed by atoms with E-state index in [0.29, 0.717) is 46.2 Å². The average Bonchev–Trinajstić information content (AvgIpc) is 0.941. The van der Waals surface area contributed by atoms with Crippen LogP contribution in [0.4, 0.5) is 0 Å². The first-order chi connectivity index (χ1) is 67.4. The van der Waals surface area contributed by atoms with Crippen LogP contribution in [0.5, 0.6) is 0 Å². The maximum atomic E-state index is 11.5. The summed E-state index contributed by atoms with van der Waals surface area (Å²) in [4.78, 5) is 98.5. The first kappa shape index (κ1) is 124. The number of carbonyl (C=O) groups is 9. The Bertz CT molecular complexity index is 3830. The topological polar surface area (TPSA) is 508 Å². The highest BCUT2D eigenvalue weighted by molar-refractivity contribution is 9.09. The molecule has 4 saturated heterocycles. The Morgan fingerprint density at radius 2 is 0.449 bits per heavy atom. The second kappa shape index (κ2) is 91.0. The number of ether oxygens (including phenoxy) is 23. The van der Waals surface area contributed by atoms with Crippen molar-refractivity contribution in [3.8, 4) is 0 Å². The normalized spacial score (nSPS) is 14.9. The lowest BCUT2D eigenvalue weighted by Gasteiger charge is -2.22. The molecule has 39 nitrogen and oxygen atoms in total. The van der Waals surface area contributed by atoms with Crippen molar-refractivity contribution in [3.63, 3.8) is 0 Å². The lowest BCUT2D eigenvalue weighted by Crippen LogP contribution is -2.24. The van der Waals surface area contributed by atoms with Gasteiger partial charge in [-0.25, -0.2) is 38.4 Å². The number of rotatable bonds is 55. The third-order valence-corrected chi connectivity index (χ3v) is 17.8. The molecular formula is C98H139BrO39. The van der Waals surface area contributed by atoms with Crippen LogP contribution in [0.2, 0.25) is 0 Å². The number of aliphatic hydroxyl groups is 5. The summed E-state index contributed by atoms with van der Waals surface area (Å²) in [5.41, 5.74) is 5.60. The third kappa shape index (κ3) is 79.0. The molecule has 10 rings (SSSR count). The van der Waals surface area contributed by atoms with Crippen LogP contribution in [0.15, 0.2) is 182 Å². The molecule has 4 aliphatic heterocycles. The van der Waals surface area contributed by atoms with Crippen molar-refractivity contribution in [3.05, 3.63) is 215 Å². The van der Waals surface area contributed by atoms with Gasteiger partial charge in [0.1, 0.15) is 104 Å². The second-order valence-corrected chi connectivity index (χ2v) is 29.3. The Kier molecular flexibility index (Phi) is 81.9. The molecule has 0 amide bonds.